The van der Waals surface area contributed by atoms with E-state index in [9.17, 15) is 4.79 Å². The number of fused-ring (bicyclic) bond motifs is 1. The number of aryl methyl sites for hydroxylation is 1. The quantitative estimate of drug-likeness (QED) is 0.261. The Kier molecular flexibility index (Phi) is 6.97. The van der Waals surface area contributed by atoms with Crippen LogP contribution in [0.1, 0.15) is 17.8 Å². The van der Waals surface area contributed by atoms with Crippen LogP contribution in [0.4, 0.5) is 0 Å². The van der Waals surface area contributed by atoms with Crippen molar-refractivity contribution in [1.82, 2.24) is 25.5 Å². The van der Waals surface area contributed by atoms with Crippen molar-refractivity contribution in [2.75, 3.05) is 20.8 Å². The molecule has 1 N–H and O–H groups in total. The number of H-pyrrole nitrogens is 1. The van der Waals surface area contributed by atoms with Gasteiger partial charge in [-0.2, -0.15) is 5.21 Å². The minimum absolute atomic E-state index is 0.111. The van der Waals surface area contributed by atoms with Gasteiger partial charge >= 0.3 is 0 Å². The zero-order chi connectivity index (χ0) is 25.1. The molecule has 5 rings (SSSR count). The Bertz CT molecular complexity index is 1470. The molecule has 8 nitrogen and oxygen atoms in total. The number of rotatable bonds is 8. The molecule has 10 heteroatoms. The number of amides is 1. The summed E-state index contributed by atoms with van der Waals surface area (Å²) >= 11 is 6.79. The number of nitrogens with zero attached hydrogens (tertiary/aromatic N) is 4. The Balaban J connectivity index is 1.45. The number of nitrogens with one attached hydrogen (secondary N) is 1. The van der Waals surface area contributed by atoms with Gasteiger partial charge in [0.2, 0.25) is 0 Å². The summed E-state index contributed by atoms with van der Waals surface area (Å²) in [7, 11) is 3.23. The molecule has 182 valence electrons. The van der Waals surface area contributed by atoms with E-state index >= 15 is 0 Å². The van der Waals surface area contributed by atoms with Crippen LogP contribution >= 0.6 is 24.0 Å². The van der Waals surface area contributed by atoms with Crippen LogP contribution in [0, 0.1) is 0 Å². The van der Waals surface area contributed by atoms with Gasteiger partial charge in [0.05, 0.1) is 19.1 Å². The van der Waals surface area contributed by atoms with E-state index in [-0.39, 0.29) is 5.91 Å². The first kappa shape index (κ1) is 24.0. The highest BCUT2D eigenvalue weighted by Gasteiger charge is 2.31. The maximum absolute atomic E-state index is 13.1. The Morgan fingerprint density at radius 3 is 2.67 bits per heavy atom. The number of aromatic amines is 1. The van der Waals surface area contributed by atoms with Crippen molar-refractivity contribution >= 4 is 51.1 Å². The first-order valence-corrected chi connectivity index (χ1v) is 12.5. The molecular formula is C26H23N5O3S2. The van der Waals surface area contributed by atoms with Gasteiger partial charge in [0, 0.05) is 18.5 Å². The van der Waals surface area contributed by atoms with Gasteiger partial charge in [0.1, 0.15) is 4.32 Å². The van der Waals surface area contributed by atoms with Crippen molar-refractivity contribution < 1.29 is 14.3 Å². The van der Waals surface area contributed by atoms with E-state index in [4.69, 9.17) is 21.7 Å². The summed E-state index contributed by atoms with van der Waals surface area (Å²) < 4.78 is 11.9. The molecule has 0 saturated carbocycles. The SMILES string of the molecule is COc1cc(/C=C2\SC(=S)N(CCCc3nn[nH]n3)C2=O)cc(-c2ccc3ccccc3c2)c1OC. The van der Waals surface area contributed by atoms with Crippen molar-refractivity contribution in [3.05, 3.63) is 70.9 Å². The average Bonchev–Trinajstić information content (AvgIpc) is 3.51. The molecule has 1 amide bonds. The molecule has 3 aromatic carbocycles. The number of thioether (sulfide) groups is 1. The molecule has 0 spiro atoms. The van der Waals surface area contributed by atoms with Gasteiger partial charge in [0.25, 0.3) is 5.91 Å². The van der Waals surface area contributed by atoms with E-state index in [1.165, 1.54) is 11.8 Å². The third-order valence-electron chi connectivity index (χ3n) is 5.90. The van der Waals surface area contributed by atoms with Crippen LogP contribution in [0.2, 0.25) is 0 Å². The molecule has 1 aliphatic heterocycles. The van der Waals surface area contributed by atoms with E-state index in [1.807, 2.05) is 30.3 Å². The molecule has 0 atom stereocenters. The second kappa shape index (κ2) is 10.5. The minimum atomic E-state index is -0.111. The average molecular weight is 518 g/mol. The predicted molar refractivity (Wildman–Crippen MR) is 145 cm³/mol. The number of thiocarbonyl (C=S) groups is 1. The lowest BCUT2D eigenvalue weighted by Crippen LogP contribution is -2.29. The normalized spacial score (nSPS) is 14.7. The number of benzene rings is 3. The van der Waals surface area contributed by atoms with E-state index in [1.54, 1.807) is 19.1 Å². The number of hydrogen-bond donors (Lipinski definition) is 1. The van der Waals surface area contributed by atoms with Crippen LogP contribution in [-0.4, -0.2) is 56.5 Å². The van der Waals surface area contributed by atoms with Crippen LogP contribution in [0.3, 0.4) is 0 Å². The van der Waals surface area contributed by atoms with Crippen LogP contribution in [0.5, 0.6) is 11.5 Å². The number of methoxy groups -OCH3 is 2. The second-order valence-electron chi connectivity index (χ2n) is 8.13. The fraction of sp³-hybridized carbons (Fsp3) is 0.192. The van der Waals surface area contributed by atoms with Crippen LogP contribution < -0.4 is 9.47 Å². The van der Waals surface area contributed by atoms with Crippen LogP contribution in [-0.2, 0) is 11.2 Å². The lowest BCUT2D eigenvalue weighted by Gasteiger charge is -2.15. The fourth-order valence-electron chi connectivity index (χ4n) is 4.17. The molecule has 0 unspecified atom stereocenters. The molecule has 1 saturated heterocycles. The van der Waals surface area contributed by atoms with Gasteiger partial charge in [0.15, 0.2) is 17.3 Å². The minimum Gasteiger partial charge on any atom is -0.493 e. The monoisotopic (exact) mass is 517 g/mol. The predicted octanol–water partition coefficient (Wildman–Crippen LogP) is 4.87. The largest absolute Gasteiger partial charge is 0.493 e. The smallest absolute Gasteiger partial charge is 0.266 e. The van der Waals surface area contributed by atoms with Gasteiger partial charge in [-0.05, 0) is 52.6 Å². The van der Waals surface area contributed by atoms with E-state index < -0.39 is 0 Å². The fourth-order valence-corrected chi connectivity index (χ4v) is 5.48. The zero-order valence-electron chi connectivity index (χ0n) is 19.7. The van der Waals surface area contributed by atoms with Gasteiger partial charge < -0.3 is 9.47 Å². The van der Waals surface area contributed by atoms with Crippen LogP contribution in [0.15, 0.2) is 59.5 Å². The van der Waals surface area contributed by atoms with Crippen molar-refractivity contribution in [3.63, 3.8) is 0 Å². The molecule has 1 aliphatic rings. The molecule has 4 aromatic rings. The molecule has 0 aliphatic carbocycles. The van der Waals surface area contributed by atoms with Gasteiger partial charge in [-0.3, -0.25) is 9.69 Å². The number of ether oxygens (including phenoxy) is 2. The highest BCUT2D eigenvalue weighted by molar-refractivity contribution is 8.26. The number of carbonyl (C=O) groups excluding carboxylic acids is 1. The van der Waals surface area contributed by atoms with Crippen molar-refractivity contribution in [1.29, 1.82) is 0 Å². The third kappa shape index (κ3) is 4.82. The zero-order valence-corrected chi connectivity index (χ0v) is 21.4. The van der Waals surface area contributed by atoms with Crippen molar-refractivity contribution in [2.24, 2.45) is 0 Å². The lowest BCUT2D eigenvalue weighted by atomic mass is 9.98. The Labute approximate surface area is 217 Å². The highest BCUT2D eigenvalue weighted by atomic mass is 32.2. The Morgan fingerprint density at radius 1 is 1.08 bits per heavy atom. The van der Waals surface area contributed by atoms with E-state index in [0.717, 1.165) is 27.5 Å². The second-order valence-corrected chi connectivity index (χ2v) is 9.81. The highest BCUT2D eigenvalue weighted by Crippen LogP contribution is 2.41. The maximum atomic E-state index is 13.1. The molecular weight excluding hydrogens is 494 g/mol. The molecule has 1 fully saturated rings. The Morgan fingerprint density at radius 2 is 1.92 bits per heavy atom. The number of hydrogen-bond acceptors (Lipinski definition) is 8. The molecule has 1 aromatic heterocycles. The summed E-state index contributed by atoms with van der Waals surface area (Å²) in [5.74, 6) is 1.73. The summed E-state index contributed by atoms with van der Waals surface area (Å²) in [5.41, 5.74) is 2.70. The van der Waals surface area contributed by atoms with Crippen molar-refractivity contribution in [2.45, 2.75) is 12.8 Å². The maximum Gasteiger partial charge on any atom is 0.266 e. The van der Waals surface area contributed by atoms with E-state index in [2.05, 4.69) is 51.0 Å². The summed E-state index contributed by atoms with van der Waals surface area (Å²) in [5, 5.41) is 16.2. The van der Waals surface area contributed by atoms with Gasteiger partial charge in [-0.1, -0.05) is 65.6 Å². The van der Waals surface area contributed by atoms with E-state index in [0.29, 0.717) is 45.9 Å². The van der Waals surface area contributed by atoms with Gasteiger partial charge in [-0.15, -0.1) is 10.2 Å². The number of tetrazole rings is 1. The molecule has 36 heavy (non-hydrogen) atoms. The Hall–Kier alpha value is -3.76. The lowest BCUT2D eigenvalue weighted by molar-refractivity contribution is -0.122. The van der Waals surface area contributed by atoms with Crippen molar-refractivity contribution in [3.8, 4) is 22.6 Å². The topological polar surface area (TPSA) is 93.2 Å². The number of aromatic nitrogens is 4. The molecule has 0 radical (unpaired) electrons. The number of carbonyl (C=O) groups is 1. The van der Waals surface area contributed by atoms with Crippen LogP contribution in [0.25, 0.3) is 28.0 Å². The molecule has 0 bridgehead atoms. The first-order chi connectivity index (χ1) is 17.6. The standard InChI is InChI=1S/C26H23N5O3S2/c1-33-21-13-16(12-20(24(21)34-2)19-10-9-17-6-3-4-7-18(17)15-19)14-22-25(32)31(26(35)36-22)11-5-8-23-27-29-30-28-23/h3-4,6-7,9-10,12-15H,5,8,11H2,1-2H3,(H,27,28,29,30)/b22-14-. The molecule has 2 heterocycles. The third-order valence-corrected chi connectivity index (χ3v) is 7.28. The summed E-state index contributed by atoms with van der Waals surface area (Å²) in [6.45, 7) is 0.491. The summed E-state index contributed by atoms with van der Waals surface area (Å²) in [6, 6.07) is 18.3. The van der Waals surface area contributed by atoms with Gasteiger partial charge in [-0.25, -0.2) is 0 Å². The summed E-state index contributed by atoms with van der Waals surface area (Å²) in [4.78, 5) is 15.3. The summed E-state index contributed by atoms with van der Waals surface area (Å²) in [6.07, 6.45) is 3.14. The first-order valence-electron chi connectivity index (χ1n) is 11.3.